The van der Waals surface area contributed by atoms with Gasteiger partial charge in [0.25, 0.3) is 0 Å². The van der Waals surface area contributed by atoms with E-state index in [2.05, 4.69) is 46.4 Å². The minimum atomic E-state index is 0. The molecule has 8 heteroatoms. The molecule has 1 saturated carbocycles. The van der Waals surface area contributed by atoms with Crippen molar-refractivity contribution < 1.29 is 4.74 Å². The topological polar surface area (TPSA) is 55.4 Å². The number of hydrogen-bond acceptors (Lipinski definition) is 5. The first kappa shape index (κ1) is 25.1. The summed E-state index contributed by atoms with van der Waals surface area (Å²) in [5.74, 6) is 0.974. The molecule has 0 amide bonds. The molecule has 1 atom stereocenters. The molecule has 29 heavy (non-hydrogen) atoms. The van der Waals surface area contributed by atoms with Crippen LogP contribution in [0.15, 0.2) is 4.99 Å². The number of morpholine rings is 1. The number of aliphatic imine (C=N–C) groups is 1. The first-order chi connectivity index (χ1) is 13.6. The van der Waals surface area contributed by atoms with Crippen molar-refractivity contribution >= 4 is 29.9 Å². The minimum Gasteiger partial charge on any atom is -0.379 e. The van der Waals surface area contributed by atoms with Crippen LogP contribution < -0.4 is 10.6 Å². The third-order valence-electron chi connectivity index (χ3n) is 6.83. The molecule has 3 rings (SSSR count). The first-order valence-electron chi connectivity index (χ1n) is 11.4. The van der Waals surface area contributed by atoms with Crippen molar-refractivity contribution in [2.75, 3.05) is 79.7 Å². The number of nitrogens with one attached hydrogen (secondary N) is 2. The first-order valence-corrected chi connectivity index (χ1v) is 11.4. The maximum atomic E-state index is 5.61. The van der Waals surface area contributed by atoms with Crippen LogP contribution in [0.2, 0.25) is 0 Å². The third-order valence-corrected chi connectivity index (χ3v) is 6.83. The third kappa shape index (κ3) is 7.19. The van der Waals surface area contributed by atoms with Gasteiger partial charge < -0.3 is 20.3 Å². The maximum Gasteiger partial charge on any atom is 0.191 e. The van der Waals surface area contributed by atoms with E-state index in [1.807, 2.05) is 0 Å². The van der Waals surface area contributed by atoms with E-state index in [4.69, 9.17) is 9.73 Å². The summed E-state index contributed by atoms with van der Waals surface area (Å²) >= 11 is 0. The molecule has 1 aliphatic carbocycles. The number of likely N-dealkylation sites (N-methyl/N-ethyl adjacent to an activating group) is 2. The number of hydrogen-bond donors (Lipinski definition) is 2. The monoisotopic (exact) mass is 522 g/mol. The molecule has 1 unspecified atom stereocenters. The summed E-state index contributed by atoms with van der Waals surface area (Å²) < 4.78 is 5.61. The summed E-state index contributed by atoms with van der Waals surface area (Å²) in [6.07, 6.45) is 6.57. The molecule has 2 saturated heterocycles. The predicted molar refractivity (Wildman–Crippen MR) is 132 cm³/mol. The van der Waals surface area contributed by atoms with E-state index in [0.29, 0.717) is 6.04 Å². The molecular formula is C21H43IN6O. The normalized spacial score (nSPS) is 27.3. The van der Waals surface area contributed by atoms with Crippen molar-refractivity contribution in [1.29, 1.82) is 0 Å². The highest BCUT2D eigenvalue weighted by molar-refractivity contribution is 14.0. The molecule has 7 nitrogen and oxygen atoms in total. The number of rotatable bonds is 6. The summed E-state index contributed by atoms with van der Waals surface area (Å²) in [4.78, 5) is 12.7. The summed E-state index contributed by atoms with van der Waals surface area (Å²) in [5, 5.41) is 7.10. The highest BCUT2D eigenvalue weighted by Crippen LogP contribution is 2.34. The van der Waals surface area contributed by atoms with Crippen molar-refractivity contribution in [3.8, 4) is 0 Å². The van der Waals surface area contributed by atoms with Gasteiger partial charge in [0, 0.05) is 57.4 Å². The fraction of sp³-hybridized carbons (Fsp3) is 0.952. The second-order valence-corrected chi connectivity index (χ2v) is 8.86. The lowest BCUT2D eigenvalue weighted by molar-refractivity contribution is -0.0333. The Balaban J connectivity index is 0.00000300. The van der Waals surface area contributed by atoms with Gasteiger partial charge in [-0.15, -0.1) is 24.0 Å². The van der Waals surface area contributed by atoms with Gasteiger partial charge in [-0.25, -0.2) is 0 Å². The Labute approximate surface area is 195 Å². The van der Waals surface area contributed by atoms with Crippen LogP contribution in [0.3, 0.4) is 0 Å². The zero-order valence-corrected chi connectivity index (χ0v) is 21.1. The number of piperazine rings is 1. The van der Waals surface area contributed by atoms with Crippen LogP contribution in [-0.4, -0.2) is 112 Å². The summed E-state index contributed by atoms with van der Waals surface area (Å²) in [6.45, 7) is 12.1. The Bertz CT molecular complexity index is 494. The maximum absolute atomic E-state index is 5.61. The molecular weight excluding hydrogens is 479 g/mol. The number of nitrogens with zero attached hydrogens (tertiary/aromatic N) is 4. The van der Waals surface area contributed by atoms with E-state index < -0.39 is 0 Å². The van der Waals surface area contributed by atoms with Crippen molar-refractivity contribution in [1.82, 2.24) is 25.3 Å². The highest BCUT2D eigenvalue weighted by Gasteiger charge is 2.38. The van der Waals surface area contributed by atoms with Crippen molar-refractivity contribution in [2.24, 2.45) is 4.99 Å². The van der Waals surface area contributed by atoms with E-state index in [1.54, 1.807) is 0 Å². The number of guanidine groups is 1. The van der Waals surface area contributed by atoms with Crippen LogP contribution in [0.5, 0.6) is 0 Å². The van der Waals surface area contributed by atoms with Crippen LogP contribution in [0.4, 0.5) is 0 Å². The van der Waals surface area contributed by atoms with Gasteiger partial charge in [-0.05, 0) is 33.9 Å². The smallest absolute Gasteiger partial charge is 0.191 e. The number of ether oxygens (including phenoxy) is 1. The molecule has 0 aromatic rings. The molecule has 0 aromatic heterocycles. The summed E-state index contributed by atoms with van der Waals surface area (Å²) in [6, 6.07) is 0.533. The van der Waals surface area contributed by atoms with E-state index in [-0.39, 0.29) is 29.5 Å². The average molecular weight is 523 g/mol. The summed E-state index contributed by atoms with van der Waals surface area (Å²) in [7, 11) is 4.45. The lowest BCUT2D eigenvalue weighted by Crippen LogP contribution is -2.57. The fourth-order valence-corrected chi connectivity index (χ4v) is 4.93. The molecule has 3 aliphatic rings. The van der Waals surface area contributed by atoms with Gasteiger partial charge >= 0.3 is 0 Å². The molecule has 0 radical (unpaired) electrons. The van der Waals surface area contributed by atoms with Crippen molar-refractivity contribution in [3.05, 3.63) is 0 Å². The van der Waals surface area contributed by atoms with Gasteiger partial charge in [-0.2, -0.15) is 0 Å². The molecule has 0 aromatic carbocycles. The largest absolute Gasteiger partial charge is 0.379 e. The zero-order chi connectivity index (χ0) is 19.8. The SMILES string of the molecule is CCNC(=NCC1(N2CCOCC2)CCCCC1)NCC1CN(C)CCN1C.I. The Morgan fingerprint density at radius 3 is 2.45 bits per heavy atom. The van der Waals surface area contributed by atoms with Gasteiger partial charge in [0.1, 0.15) is 0 Å². The van der Waals surface area contributed by atoms with Gasteiger partial charge in [0.2, 0.25) is 0 Å². The van der Waals surface area contributed by atoms with Gasteiger partial charge in [0.15, 0.2) is 5.96 Å². The lowest BCUT2D eigenvalue weighted by atomic mass is 9.80. The minimum absolute atomic E-state index is 0. The molecule has 2 heterocycles. The van der Waals surface area contributed by atoms with E-state index >= 15 is 0 Å². The zero-order valence-electron chi connectivity index (χ0n) is 18.8. The second-order valence-electron chi connectivity index (χ2n) is 8.86. The Hall–Kier alpha value is -0.160. The van der Waals surface area contributed by atoms with Crippen LogP contribution in [0.1, 0.15) is 39.0 Å². The van der Waals surface area contributed by atoms with Gasteiger partial charge in [0.05, 0.1) is 19.8 Å². The number of halogens is 1. The lowest BCUT2D eigenvalue weighted by Gasteiger charge is -2.47. The Kier molecular flexibility index (Phi) is 10.9. The average Bonchev–Trinajstić information content (AvgIpc) is 2.73. The van der Waals surface area contributed by atoms with Gasteiger partial charge in [-0.1, -0.05) is 19.3 Å². The molecule has 0 bridgehead atoms. The van der Waals surface area contributed by atoms with E-state index in [9.17, 15) is 0 Å². The predicted octanol–water partition coefficient (Wildman–Crippen LogP) is 1.44. The quantitative estimate of drug-likeness (QED) is 0.313. The standard InChI is InChI=1S/C21H42N6O.HI/c1-4-22-20(23-16-19-17-25(2)10-11-26(19)3)24-18-21(8-6-5-7-9-21)27-12-14-28-15-13-27;/h19H,4-18H2,1-3H3,(H2,22,23,24);1H. The Morgan fingerprint density at radius 2 is 1.76 bits per heavy atom. The van der Waals surface area contributed by atoms with Gasteiger partial charge in [-0.3, -0.25) is 14.8 Å². The molecule has 3 fully saturated rings. The van der Waals surface area contributed by atoms with Crippen molar-refractivity contribution in [3.63, 3.8) is 0 Å². The fourth-order valence-electron chi connectivity index (χ4n) is 4.93. The van der Waals surface area contributed by atoms with Crippen LogP contribution >= 0.6 is 24.0 Å². The molecule has 2 N–H and O–H groups in total. The van der Waals surface area contributed by atoms with E-state index in [0.717, 1.165) is 71.5 Å². The van der Waals surface area contributed by atoms with Crippen LogP contribution in [-0.2, 0) is 4.74 Å². The highest BCUT2D eigenvalue weighted by atomic mass is 127. The summed E-state index contributed by atoms with van der Waals surface area (Å²) in [5.41, 5.74) is 0.228. The van der Waals surface area contributed by atoms with Crippen LogP contribution in [0, 0.1) is 0 Å². The molecule has 2 aliphatic heterocycles. The Morgan fingerprint density at radius 1 is 1.03 bits per heavy atom. The van der Waals surface area contributed by atoms with Crippen molar-refractivity contribution in [2.45, 2.75) is 50.6 Å². The van der Waals surface area contributed by atoms with Crippen LogP contribution in [0.25, 0.3) is 0 Å². The second kappa shape index (κ2) is 12.6. The molecule has 170 valence electrons. The van der Waals surface area contributed by atoms with E-state index in [1.165, 1.54) is 32.1 Å². The molecule has 0 spiro atoms.